The minimum atomic E-state index is -0.712. The zero-order valence-corrected chi connectivity index (χ0v) is 19.3. The predicted molar refractivity (Wildman–Crippen MR) is 117 cm³/mol. The summed E-state index contributed by atoms with van der Waals surface area (Å²) in [5.41, 5.74) is 1.43. The normalized spacial score (nSPS) is 19.4. The molecular weight excluding hydrogens is 448 g/mol. The number of carbonyl (C=O) groups excluding carboxylic acids is 2. The molecule has 0 radical (unpaired) electrons. The molecule has 34 heavy (non-hydrogen) atoms. The number of hydrogen-bond donors (Lipinski definition) is 1. The molecule has 1 saturated heterocycles. The van der Waals surface area contributed by atoms with E-state index in [0.29, 0.717) is 22.8 Å². The molecule has 2 aromatic carbocycles. The SMILES string of the molecule is COc1cc([C@@H](c2cc(OC)c3c(c2)OCO3)[C@@H]2COC(=O)[C@@H]2COC(C)=O)cc(OC)c1O. The summed E-state index contributed by atoms with van der Waals surface area (Å²) < 4.78 is 37.9. The van der Waals surface area contributed by atoms with Crippen LogP contribution in [0.3, 0.4) is 0 Å². The molecule has 3 atom stereocenters. The molecule has 0 spiro atoms. The Morgan fingerprint density at radius 3 is 2.24 bits per heavy atom. The summed E-state index contributed by atoms with van der Waals surface area (Å²) in [5.74, 6) is -0.844. The van der Waals surface area contributed by atoms with E-state index in [9.17, 15) is 14.7 Å². The van der Waals surface area contributed by atoms with Crippen LogP contribution < -0.4 is 23.7 Å². The van der Waals surface area contributed by atoms with Crippen molar-refractivity contribution in [2.75, 3.05) is 41.3 Å². The van der Waals surface area contributed by atoms with E-state index in [-0.39, 0.29) is 37.3 Å². The first-order chi connectivity index (χ1) is 16.4. The minimum Gasteiger partial charge on any atom is -0.502 e. The number of fused-ring (bicyclic) bond motifs is 1. The van der Waals surface area contributed by atoms with Crippen molar-refractivity contribution in [3.8, 4) is 34.5 Å². The van der Waals surface area contributed by atoms with Crippen molar-refractivity contribution < 1.29 is 47.9 Å². The van der Waals surface area contributed by atoms with Gasteiger partial charge >= 0.3 is 11.9 Å². The number of esters is 2. The van der Waals surface area contributed by atoms with Crippen molar-refractivity contribution in [1.29, 1.82) is 0 Å². The van der Waals surface area contributed by atoms with E-state index < -0.39 is 29.7 Å². The molecular formula is C24H26O10. The number of rotatable bonds is 8. The Labute approximate surface area is 196 Å². The maximum atomic E-state index is 12.6. The molecule has 2 aliphatic heterocycles. The number of benzene rings is 2. The zero-order valence-electron chi connectivity index (χ0n) is 19.3. The van der Waals surface area contributed by atoms with Gasteiger partial charge in [-0.05, 0) is 35.4 Å². The lowest BCUT2D eigenvalue weighted by Gasteiger charge is -2.28. The fraction of sp³-hybridized carbons (Fsp3) is 0.417. The number of phenols is 1. The van der Waals surface area contributed by atoms with Crippen LogP contribution in [-0.4, -0.2) is 58.4 Å². The Kier molecular flexibility index (Phi) is 6.58. The molecule has 0 aromatic heterocycles. The van der Waals surface area contributed by atoms with Gasteiger partial charge in [-0.2, -0.15) is 0 Å². The Morgan fingerprint density at radius 2 is 1.62 bits per heavy atom. The summed E-state index contributed by atoms with van der Waals surface area (Å²) >= 11 is 0. The number of methoxy groups -OCH3 is 3. The average molecular weight is 474 g/mol. The highest BCUT2D eigenvalue weighted by molar-refractivity contribution is 5.76. The molecule has 0 unspecified atom stereocenters. The molecule has 10 heteroatoms. The van der Waals surface area contributed by atoms with Crippen LogP contribution in [-0.2, 0) is 19.1 Å². The van der Waals surface area contributed by atoms with E-state index in [1.165, 1.54) is 28.3 Å². The fourth-order valence-corrected chi connectivity index (χ4v) is 4.41. The maximum absolute atomic E-state index is 12.6. The van der Waals surface area contributed by atoms with Crippen molar-refractivity contribution in [2.24, 2.45) is 11.8 Å². The van der Waals surface area contributed by atoms with Crippen molar-refractivity contribution in [3.05, 3.63) is 35.4 Å². The third-order valence-corrected chi connectivity index (χ3v) is 6.03. The van der Waals surface area contributed by atoms with Gasteiger partial charge in [0.25, 0.3) is 0 Å². The summed E-state index contributed by atoms with van der Waals surface area (Å²) in [7, 11) is 4.39. The van der Waals surface area contributed by atoms with Gasteiger partial charge in [-0.1, -0.05) is 0 Å². The second-order valence-electron chi connectivity index (χ2n) is 7.91. The largest absolute Gasteiger partial charge is 0.502 e. The van der Waals surface area contributed by atoms with Crippen LogP contribution in [0.5, 0.6) is 34.5 Å². The van der Waals surface area contributed by atoms with Gasteiger partial charge in [-0.15, -0.1) is 0 Å². The third-order valence-electron chi connectivity index (χ3n) is 6.03. The van der Waals surface area contributed by atoms with Gasteiger partial charge in [0, 0.05) is 18.8 Å². The van der Waals surface area contributed by atoms with Crippen molar-refractivity contribution in [1.82, 2.24) is 0 Å². The van der Waals surface area contributed by atoms with Gasteiger partial charge < -0.3 is 38.3 Å². The number of phenolic OH excluding ortho intramolecular Hbond substituents is 1. The zero-order chi connectivity index (χ0) is 24.4. The lowest BCUT2D eigenvalue weighted by atomic mass is 9.75. The van der Waals surface area contributed by atoms with E-state index in [4.69, 9.17) is 33.2 Å². The first kappa shape index (κ1) is 23.3. The van der Waals surface area contributed by atoms with Gasteiger partial charge in [0.1, 0.15) is 6.61 Å². The molecule has 1 N–H and O–H groups in total. The van der Waals surface area contributed by atoms with E-state index in [2.05, 4.69) is 0 Å². The topological polar surface area (TPSA) is 119 Å². The van der Waals surface area contributed by atoms with Crippen molar-refractivity contribution in [3.63, 3.8) is 0 Å². The summed E-state index contributed by atoms with van der Waals surface area (Å²) in [6.07, 6.45) is 0. The monoisotopic (exact) mass is 474 g/mol. The number of hydrogen-bond acceptors (Lipinski definition) is 10. The quantitative estimate of drug-likeness (QED) is 0.572. The molecule has 0 aliphatic carbocycles. The molecule has 2 aliphatic rings. The lowest BCUT2D eigenvalue weighted by molar-refractivity contribution is -0.148. The second kappa shape index (κ2) is 9.58. The molecule has 0 bridgehead atoms. The average Bonchev–Trinajstić information content (AvgIpc) is 3.44. The third kappa shape index (κ3) is 4.23. The minimum absolute atomic E-state index is 0.0563. The molecule has 0 saturated carbocycles. The molecule has 2 heterocycles. The van der Waals surface area contributed by atoms with Gasteiger partial charge in [-0.25, -0.2) is 0 Å². The number of aromatic hydroxyl groups is 1. The van der Waals surface area contributed by atoms with Crippen molar-refractivity contribution >= 4 is 11.9 Å². The highest BCUT2D eigenvalue weighted by Gasteiger charge is 2.44. The van der Waals surface area contributed by atoms with Gasteiger partial charge in [0.15, 0.2) is 23.0 Å². The Morgan fingerprint density at radius 1 is 1.00 bits per heavy atom. The van der Waals surface area contributed by atoms with Crippen LogP contribution in [0.25, 0.3) is 0 Å². The van der Waals surface area contributed by atoms with Crippen LogP contribution >= 0.6 is 0 Å². The number of carbonyl (C=O) groups is 2. The molecule has 4 rings (SSSR count). The maximum Gasteiger partial charge on any atom is 0.312 e. The first-order valence-corrected chi connectivity index (χ1v) is 10.6. The molecule has 0 amide bonds. The summed E-state index contributed by atoms with van der Waals surface area (Å²) in [6, 6.07) is 6.96. The van der Waals surface area contributed by atoms with Gasteiger partial charge in [0.2, 0.25) is 18.3 Å². The Bertz CT molecular complexity index is 1060. The highest BCUT2D eigenvalue weighted by Crippen LogP contribution is 2.50. The standard InChI is InChI=1S/C24H26O10/c1-12(25)31-10-16-15(9-32-24(16)27)21(13-5-17(28-2)22(26)18(6-13)29-3)14-7-19(30-4)23-20(8-14)33-11-34-23/h5-8,15-16,21,26H,9-11H2,1-4H3/t15-,16-,21+/m1/s1. The van der Waals surface area contributed by atoms with Gasteiger partial charge in [0.05, 0.1) is 33.9 Å². The summed E-state index contributed by atoms with van der Waals surface area (Å²) in [5, 5.41) is 10.4. The van der Waals surface area contributed by atoms with E-state index in [0.717, 1.165) is 5.56 Å². The first-order valence-electron chi connectivity index (χ1n) is 10.6. The van der Waals surface area contributed by atoms with Crippen LogP contribution in [0.4, 0.5) is 0 Å². The number of cyclic esters (lactones) is 1. The predicted octanol–water partition coefficient (Wildman–Crippen LogP) is 2.63. The molecule has 1 fully saturated rings. The van der Waals surface area contributed by atoms with Crippen LogP contribution in [0, 0.1) is 11.8 Å². The smallest absolute Gasteiger partial charge is 0.312 e. The van der Waals surface area contributed by atoms with Crippen LogP contribution in [0.15, 0.2) is 24.3 Å². The second-order valence-corrected chi connectivity index (χ2v) is 7.91. The molecule has 10 nitrogen and oxygen atoms in total. The van der Waals surface area contributed by atoms with E-state index in [1.54, 1.807) is 18.2 Å². The fourth-order valence-electron chi connectivity index (χ4n) is 4.41. The Balaban J connectivity index is 1.88. The van der Waals surface area contributed by atoms with Crippen molar-refractivity contribution in [2.45, 2.75) is 12.8 Å². The summed E-state index contributed by atoms with van der Waals surface area (Å²) in [4.78, 5) is 24.1. The van der Waals surface area contributed by atoms with Gasteiger partial charge in [-0.3, -0.25) is 9.59 Å². The molecule has 182 valence electrons. The molecule has 2 aromatic rings. The lowest BCUT2D eigenvalue weighted by Crippen LogP contribution is -2.28. The Hall–Kier alpha value is -3.82. The van der Waals surface area contributed by atoms with E-state index in [1.807, 2.05) is 6.07 Å². The number of ether oxygens (including phenoxy) is 7. The van der Waals surface area contributed by atoms with Crippen LogP contribution in [0.2, 0.25) is 0 Å². The van der Waals surface area contributed by atoms with E-state index >= 15 is 0 Å². The van der Waals surface area contributed by atoms with Crippen LogP contribution in [0.1, 0.15) is 24.0 Å². The highest BCUT2D eigenvalue weighted by atomic mass is 16.7. The summed E-state index contributed by atoms with van der Waals surface area (Å²) in [6.45, 7) is 1.31.